The van der Waals surface area contributed by atoms with Crippen LogP contribution in [0.2, 0.25) is 0 Å². The molecule has 0 radical (unpaired) electrons. The van der Waals surface area contributed by atoms with E-state index in [1.54, 1.807) is 0 Å². The number of furan rings is 2. The topological polar surface area (TPSA) is 69.9 Å². The minimum atomic E-state index is -0.0349. The van der Waals surface area contributed by atoms with E-state index in [-0.39, 0.29) is 10.8 Å². The van der Waals surface area contributed by atoms with E-state index in [0.717, 1.165) is 99.5 Å². The third kappa shape index (κ3) is 7.12. The second-order valence-corrected chi connectivity index (χ2v) is 20.8. The van der Waals surface area contributed by atoms with E-state index in [0.29, 0.717) is 17.5 Å². The number of rotatable bonds is 6. The molecule has 6 nitrogen and oxygen atoms in total. The van der Waals surface area contributed by atoms with Gasteiger partial charge in [-0.1, -0.05) is 163 Å². The first-order chi connectivity index (χ1) is 34.4. The van der Waals surface area contributed by atoms with Gasteiger partial charge in [-0.2, -0.15) is 0 Å². The normalized spacial score (nSPS) is 12.4. The molecule has 0 N–H and O–H groups in total. The summed E-state index contributed by atoms with van der Waals surface area (Å²) in [5.41, 5.74) is 16.0. The molecule has 4 heterocycles. The Hall–Kier alpha value is -8.61. The summed E-state index contributed by atoms with van der Waals surface area (Å²) in [5, 5.41) is 6.47. The zero-order valence-electron chi connectivity index (χ0n) is 40.6. The molecule has 0 amide bonds. The van der Waals surface area contributed by atoms with Gasteiger partial charge in [0.05, 0.1) is 16.7 Å². The van der Waals surface area contributed by atoms with Gasteiger partial charge < -0.3 is 13.4 Å². The molecule has 342 valence electrons. The summed E-state index contributed by atoms with van der Waals surface area (Å²) < 4.78 is 15.2. The summed E-state index contributed by atoms with van der Waals surface area (Å²) in [5.74, 6) is 1.66. The molecule has 0 fully saturated rings. The number of benzene rings is 9. The zero-order valence-corrected chi connectivity index (χ0v) is 40.6. The summed E-state index contributed by atoms with van der Waals surface area (Å²) in [6, 6.07) is 68.8. The maximum atomic E-state index is 6.43. The van der Waals surface area contributed by atoms with Gasteiger partial charge in [0.1, 0.15) is 22.3 Å². The Morgan fingerprint density at radius 1 is 0.338 bits per heavy atom. The Balaban J connectivity index is 1.13. The van der Waals surface area contributed by atoms with Gasteiger partial charge >= 0.3 is 0 Å². The highest BCUT2D eigenvalue weighted by atomic mass is 16.3. The average molecular weight is 919 g/mol. The molecular formula is C65H50N4O2. The lowest BCUT2D eigenvalue weighted by molar-refractivity contribution is 0.590. The van der Waals surface area contributed by atoms with E-state index < -0.39 is 0 Å². The van der Waals surface area contributed by atoms with Crippen LogP contribution in [-0.2, 0) is 10.8 Å². The SMILES string of the molecule is CC(C)(C)c1ccc2c(c1)c1cc(C(C)(C)C)ccc1n2-c1c(-c2ccccc2)cc(-c2nc(-c3ccc4oc5ccccc5c4c3)nc(-c3cccc4oc5ccccc5c34)n2)cc1-c1ccccc1. The highest BCUT2D eigenvalue weighted by molar-refractivity contribution is 6.13. The monoisotopic (exact) mass is 918 g/mol. The van der Waals surface area contributed by atoms with Crippen molar-refractivity contribution < 1.29 is 8.83 Å². The van der Waals surface area contributed by atoms with Crippen LogP contribution < -0.4 is 0 Å². The quantitative estimate of drug-likeness (QED) is 0.166. The average Bonchev–Trinajstić information content (AvgIpc) is 4.07. The first-order valence-electron chi connectivity index (χ1n) is 24.4. The van der Waals surface area contributed by atoms with E-state index in [4.69, 9.17) is 23.8 Å². The van der Waals surface area contributed by atoms with Crippen molar-refractivity contribution in [3.63, 3.8) is 0 Å². The summed E-state index contributed by atoms with van der Waals surface area (Å²) in [4.78, 5) is 16.3. The lowest BCUT2D eigenvalue weighted by Gasteiger charge is -2.22. The van der Waals surface area contributed by atoms with E-state index >= 15 is 0 Å². The Bertz CT molecular complexity index is 4110. The minimum Gasteiger partial charge on any atom is -0.456 e. The first-order valence-corrected chi connectivity index (χ1v) is 24.4. The van der Waals surface area contributed by atoms with Crippen molar-refractivity contribution in [3.8, 4) is 62.1 Å². The lowest BCUT2D eigenvalue weighted by atomic mass is 9.85. The molecule has 4 aromatic heterocycles. The molecule has 0 saturated carbocycles. The van der Waals surface area contributed by atoms with Gasteiger partial charge in [0.25, 0.3) is 0 Å². The molecule has 6 heteroatoms. The molecule has 9 aromatic carbocycles. The maximum Gasteiger partial charge on any atom is 0.164 e. The van der Waals surface area contributed by atoms with Gasteiger partial charge in [-0.25, -0.2) is 15.0 Å². The van der Waals surface area contributed by atoms with Crippen molar-refractivity contribution in [3.05, 3.63) is 205 Å². The minimum absolute atomic E-state index is 0.0349. The second-order valence-electron chi connectivity index (χ2n) is 20.8. The standard InChI is InChI=1S/C65H50N4O2/c1-64(2,3)43-29-31-53-50(37-43)51-38-44(65(4,5)6)30-32-54(51)69(53)60-48(39-18-9-7-10-19-39)35-42(36-49(60)40-20-11-8-12-21-40)62-66-61(41-28-33-57-52(34-41)45-22-13-15-25-55(45)70-57)67-63(68-62)47-24-17-27-58-59(47)46-23-14-16-26-56(46)71-58/h7-38H,1-6H3. The molecule has 0 spiro atoms. The fourth-order valence-corrected chi connectivity index (χ4v) is 10.5. The zero-order chi connectivity index (χ0) is 48.2. The Morgan fingerprint density at radius 2 is 0.831 bits per heavy atom. The summed E-state index contributed by atoms with van der Waals surface area (Å²) in [6.07, 6.45) is 0. The van der Waals surface area contributed by atoms with E-state index in [9.17, 15) is 0 Å². The van der Waals surface area contributed by atoms with Crippen LogP contribution in [0.5, 0.6) is 0 Å². The molecule has 71 heavy (non-hydrogen) atoms. The second kappa shape index (κ2) is 16.0. The van der Waals surface area contributed by atoms with Crippen molar-refractivity contribution in [1.29, 1.82) is 0 Å². The number of hydrogen-bond donors (Lipinski definition) is 0. The van der Waals surface area contributed by atoms with Gasteiger partial charge in [0.15, 0.2) is 17.5 Å². The van der Waals surface area contributed by atoms with E-state index in [1.165, 1.54) is 21.9 Å². The predicted molar refractivity (Wildman–Crippen MR) is 293 cm³/mol. The van der Waals surface area contributed by atoms with Crippen LogP contribution in [0.25, 0.3) is 128 Å². The number of hydrogen-bond acceptors (Lipinski definition) is 5. The van der Waals surface area contributed by atoms with Gasteiger partial charge in [-0.05, 0) is 106 Å². The fourth-order valence-electron chi connectivity index (χ4n) is 10.5. The molecule has 0 aliphatic rings. The first kappa shape index (κ1) is 42.5. The number of nitrogens with zero attached hydrogens (tertiary/aromatic N) is 4. The summed E-state index contributed by atoms with van der Waals surface area (Å²) in [6.45, 7) is 13.8. The molecule has 0 aliphatic carbocycles. The Labute approximate surface area is 411 Å². The largest absolute Gasteiger partial charge is 0.456 e. The van der Waals surface area contributed by atoms with Crippen molar-refractivity contribution in [2.24, 2.45) is 0 Å². The van der Waals surface area contributed by atoms with Crippen molar-refractivity contribution in [2.45, 2.75) is 52.4 Å². The summed E-state index contributed by atoms with van der Waals surface area (Å²) in [7, 11) is 0. The smallest absolute Gasteiger partial charge is 0.164 e. The molecular weight excluding hydrogens is 869 g/mol. The Morgan fingerprint density at radius 3 is 1.44 bits per heavy atom. The van der Waals surface area contributed by atoms with Crippen molar-refractivity contribution >= 4 is 65.7 Å². The number of fused-ring (bicyclic) bond motifs is 9. The van der Waals surface area contributed by atoms with Crippen LogP contribution >= 0.6 is 0 Å². The van der Waals surface area contributed by atoms with Crippen LogP contribution in [0.1, 0.15) is 52.7 Å². The highest BCUT2D eigenvalue weighted by Gasteiger charge is 2.26. The van der Waals surface area contributed by atoms with Crippen LogP contribution in [-0.4, -0.2) is 19.5 Å². The van der Waals surface area contributed by atoms with E-state index in [2.05, 4.69) is 180 Å². The van der Waals surface area contributed by atoms with Crippen LogP contribution in [0.4, 0.5) is 0 Å². The van der Waals surface area contributed by atoms with Gasteiger partial charge in [0.2, 0.25) is 0 Å². The lowest BCUT2D eigenvalue weighted by Crippen LogP contribution is -2.10. The van der Waals surface area contributed by atoms with Gasteiger partial charge in [-0.3, -0.25) is 0 Å². The molecule has 0 aliphatic heterocycles. The third-order valence-corrected chi connectivity index (χ3v) is 14.2. The van der Waals surface area contributed by atoms with Crippen molar-refractivity contribution in [1.82, 2.24) is 19.5 Å². The third-order valence-electron chi connectivity index (χ3n) is 14.2. The Kier molecular flexibility index (Phi) is 9.56. The van der Waals surface area contributed by atoms with Gasteiger partial charge in [0, 0.05) is 60.1 Å². The molecule has 13 aromatic rings. The van der Waals surface area contributed by atoms with Gasteiger partial charge in [-0.15, -0.1) is 0 Å². The molecule has 0 saturated heterocycles. The van der Waals surface area contributed by atoms with Crippen molar-refractivity contribution in [2.75, 3.05) is 0 Å². The highest BCUT2D eigenvalue weighted by Crippen LogP contribution is 2.46. The number of para-hydroxylation sites is 2. The summed E-state index contributed by atoms with van der Waals surface area (Å²) >= 11 is 0. The molecule has 13 rings (SSSR count). The van der Waals surface area contributed by atoms with E-state index in [1.807, 2.05) is 60.7 Å². The fraction of sp³-hybridized carbons (Fsp3) is 0.123. The molecule has 0 bridgehead atoms. The number of aromatic nitrogens is 4. The van der Waals surface area contributed by atoms with Crippen LogP contribution in [0.3, 0.4) is 0 Å². The van der Waals surface area contributed by atoms with Crippen LogP contribution in [0.15, 0.2) is 203 Å². The maximum absolute atomic E-state index is 6.43. The predicted octanol–water partition coefficient (Wildman–Crippen LogP) is 17.7. The van der Waals surface area contributed by atoms with Crippen LogP contribution in [0, 0.1) is 0 Å². The molecule has 0 unspecified atom stereocenters. The molecule has 0 atom stereocenters.